The van der Waals surface area contributed by atoms with Crippen LogP contribution >= 0.6 is 11.3 Å². The van der Waals surface area contributed by atoms with Crippen molar-refractivity contribution < 1.29 is 4.79 Å². The van der Waals surface area contributed by atoms with Crippen molar-refractivity contribution in [1.82, 2.24) is 0 Å². The zero-order valence-corrected chi connectivity index (χ0v) is 12.6. The fourth-order valence-electron chi connectivity index (χ4n) is 2.40. The van der Waals surface area contributed by atoms with Gasteiger partial charge in [-0.25, -0.2) is 0 Å². The number of carbonyl (C=O) groups is 1. The SMILES string of the molecule is Cc1sc2c(c1C)C(c1ccccc1)=NCC(=O)N2C. The van der Waals surface area contributed by atoms with Crippen molar-refractivity contribution in [2.45, 2.75) is 13.8 Å². The summed E-state index contributed by atoms with van der Waals surface area (Å²) >= 11 is 1.66. The quantitative estimate of drug-likeness (QED) is 0.791. The molecular weight excluding hydrogens is 268 g/mol. The first-order valence-corrected chi connectivity index (χ1v) is 7.38. The fraction of sp³-hybridized carbons (Fsp3) is 0.250. The van der Waals surface area contributed by atoms with Gasteiger partial charge in [-0.3, -0.25) is 9.79 Å². The van der Waals surface area contributed by atoms with Gasteiger partial charge >= 0.3 is 0 Å². The van der Waals surface area contributed by atoms with Gasteiger partial charge in [0, 0.05) is 23.1 Å². The molecule has 0 saturated carbocycles. The van der Waals surface area contributed by atoms with E-state index < -0.39 is 0 Å². The van der Waals surface area contributed by atoms with E-state index >= 15 is 0 Å². The van der Waals surface area contributed by atoms with Crippen LogP contribution in [0.4, 0.5) is 5.00 Å². The molecule has 0 saturated heterocycles. The molecule has 0 fully saturated rings. The summed E-state index contributed by atoms with van der Waals surface area (Å²) < 4.78 is 0. The summed E-state index contributed by atoms with van der Waals surface area (Å²) in [5, 5.41) is 1.00. The molecule has 0 atom stereocenters. The Morgan fingerprint density at radius 2 is 1.90 bits per heavy atom. The minimum atomic E-state index is 0.0402. The number of hydrogen-bond donors (Lipinski definition) is 0. The Bertz CT molecular complexity index is 701. The largest absolute Gasteiger partial charge is 0.305 e. The number of likely N-dealkylation sites (N-methyl/N-ethyl adjacent to an activating group) is 1. The van der Waals surface area contributed by atoms with Gasteiger partial charge in [-0.1, -0.05) is 30.3 Å². The number of thiophene rings is 1. The van der Waals surface area contributed by atoms with Gasteiger partial charge in [-0.05, 0) is 19.4 Å². The van der Waals surface area contributed by atoms with Crippen LogP contribution in [0.5, 0.6) is 0 Å². The second-order valence-electron chi connectivity index (χ2n) is 4.95. The van der Waals surface area contributed by atoms with E-state index in [9.17, 15) is 4.79 Å². The number of benzene rings is 1. The highest BCUT2D eigenvalue weighted by Gasteiger charge is 2.26. The predicted molar refractivity (Wildman–Crippen MR) is 84.2 cm³/mol. The number of anilines is 1. The lowest BCUT2D eigenvalue weighted by atomic mass is 10.00. The van der Waals surface area contributed by atoms with Crippen LogP contribution in [0.1, 0.15) is 21.6 Å². The van der Waals surface area contributed by atoms with Crippen LogP contribution in [0.2, 0.25) is 0 Å². The Morgan fingerprint density at radius 3 is 2.60 bits per heavy atom. The first-order chi connectivity index (χ1) is 9.59. The predicted octanol–water partition coefficient (Wildman–Crippen LogP) is 3.18. The normalized spacial score (nSPS) is 14.8. The van der Waals surface area contributed by atoms with Crippen molar-refractivity contribution in [1.29, 1.82) is 0 Å². The number of aryl methyl sites for hydroxylation is 1. The molecule has 1 aliphatic heterocycles. The number of fused-ring (bicyclic) bond motifs is 1. The number of carbonyl (C=O) groups excluding carboxylic acids is 1. The van der Waals surface area contributed by atoms with Crippen molar-refractivity contribution in [3.63, 3.8) is 0 Å². The van der Waals surface area contributed by atoms with Crippen molar-refractivity contribution in [2.75, 3.05) is 18.5 Å². The van der Waals surface area contributed by atoms with Crippen LogP contribution < -0.4 is 4.90 Å². The molecule has 0 unspecified atom stereocenters. The molecule has 1 amide bonds. The molecule has 0 aliphatic carbocycles. The van der Waals surface area contributed by atoms with Crippen molar-refractivity contribution in [3.8, 4) is 0 Å². The number of nitrogens with zero attached hydrogens (tertiary/aromatic N) is 2. The smallest absolute Gasteiger partial charge is 0.249 e. The van der Waals surface area contributed by atoms with Crippen LogP contribution in [0, 0.1) is 13.8 Å². The lowest BCUT2D eigenvalue weighted by molar-refractivity contribution is -0.116. The van der Waals surface area contributed by atoms with Gasteiger partial charge < -0.3 is 4.90 Å². The van der Waals surface area contributed by atoms with Gasteiger partial charge in [0.15, 0.2) is 0 Å². The minimum Gasteiger partial charge on any atom is -0.305 e. The van der Waals surface area contributed by atoms with Gasteiger partial charge in [0.2, 0.25) is 5.91 Å². The van der Waals surface area contributed by atoms with Gasteiger partial charge in [0.25, 0.3) is 0 Å². The topological polar surface area (TPSA) is 32.7 Å². The molecule has 3 nitrogen and oxygen atoms in total. The van der Waals surface area contributed by atoms with E-state index in [0.717, 1.165) is 21.8 Å². The lowest BCUT2D eigenvalue weighted by Gasteiger charge is -2.14. The summed E-state index contributed by atoms with van der Waals surface area (Å²) in [6, 6.07) is 10.1. The van der Waals surface area contributed by atoms with Crippen molar-refractivity contribution in [2.24, 2.45) is 4.99 Å². The third-order valence-corrected chi connectivity index (χ3v) is 4.99. The Morgan fingerprint density at radius 1 is 1.20 bits per heavy atom. The standard InChI is InChI=1S/C16H16N2OS/c1-10-11(2)20-16-14(10)15(12-7-5-4-6-8-12)17-9-13(19)18(16)3/h4-8H,9H2,1-3H3. The molecule has 1 aromatic heterocycles. The van der Waals surface area contributed by atoms with Crippen molar-refractivity contribution >= 4 is 28.0 Å². The second kappa shape index (κ2) is 4.87. The fourth-order valence-corrected chi connectivity index (χ4v) is 3.54. The molecular formula is C16H16N2OS. The van der Waals surface area contributed by atoms with Crippen LogP contribution in [-0.4, -0.2) is 25.2 Å². The molecule has 20 heavy (non-hydrogen) atoms. The summed E-state index contributed by atoms with van der Waals surface area (Å²) in [5.41, 5.74) is 4.32. The van der Waals surface area contributed by atoms with Crippen LogP contribution in [0.3, 0.4) is 0 Å². The van der Waals surface area contributed by atoms with Gasteiger partial charge in [-0.15, -0.1) is 11.3 Å². The molecule has 2 heterocycles. The molecule has 102 valence electrons. The molecule has 0 spiro atoms. The van der Waals surface area contributed by atoms with E-state index in [4.69, 9.17) is 0 Å². The molecule has 0 bridgehead atoms. The molecule has 0 N–H and O–H groups in total. The highest BCUT2D eigenvalue weighted by molar-refractivity contribution is 7.17. The second-order valence-corrected chi connectivity index (χ2v) is 6.15. The minimum absolute atomic E-state index is 0.0402. The average molecular weight is 284 g/mol. The third kappa shape index (κ3) is 1.96. The first kappa shape index (κ1) is 13.1. The maximum atomic E-state index is 12.1. The van der Waals surface area contributed by atoms with E-state index in [-0.39, 0.29) is 12.5 Å². The van der Waals surface area contributed by atoms with Gasteiger partial charge in [0.05, 0.1) is 5.71 Å². The van der Waals surface area contributed by atoms with E-state index in [1.54, 1.807) is 16.2 Å². The van der Waals surface area contributed by atoms with E-state index in [1.807, 2.05) is 37.4 Å². The van der Waals surface area contributed by atoms with Crippen molar-refractivity contribution in [3.05, 3.63) is 51.9 Å². The maximum Gasteiger partial charge on any atom is 0.249 e. The number of hydrogen-bond acceptors (Lipinski definition) is 3. The monoisotopic (exact) mass is 284 g/mol. The third-order valence-electron chi connectivity index (χ3n) is 3.70. The summed E-state index contributed by atoms with van der Waals surface area (Å²) in [6.45, 7) is 4.41. The summed E-state index contributed by atoms with van der Waals surface area (Å²) in [5.74, 6) is 0.0402. The Labute approximate surface area is 122 Å². The number of amides is 1. The van der Waals surface area contributed by atoms with Gasteiger partial charge in [0.1, 0.15) is 11.5 Å². The Hall–Kier alpha value is -1.94. The highest BCUT2D eigenvalue weighted by atomic mass is 32.1. The summed E-state index contributed by atoms with van der Waals surface area (Å²) in [6.07, 6.45) is 0. The lowest BCUT2D eigenvalue weighted by Crippen LogP contribution is -2.26. The molecule has 0 radical (unpaired) electrons. The van der Waals surface area contributed by atoms with Gasteiger partial charge in [-0.2, -0.15) is 0 Å². The first-order valence-electron chi connectivity index (χ1n) is 6.56. The van der Waals surface area contributed by atoms with E-state index in [0.29, 0.717) is 0 Å². The van der Waals surface area contributed by atoms with Crippen LogP contribution in [0.15, 0.2) is 35.3 Å². The molecule has 1 aromatic carbocycles. The van der Waals surface area contributed by atoms with Crippen LogP contribution in [0.25, 0.3) is 0 Å². The Balaban J connectivity index is 2.26. The summed E-state index contributed by atoms with van der Waals surface area (Å²) in [7, 11) is 1.83. The number of aliphatic imine (C=N–C) groups is 1. The average Bonchev–Trinajstić information content (AvgIpc) is 2.69. The van der Waals surface area contributed by atoms with E-state index in [1.165, 1.54) is 10.4 Å². The van der Waals surface area contributed by atoms with Crippen LogP contribution in [-0.2, 0) is 4.79 Å². The number of rotatable bonds is 1. The zero-order valence-electron chi connectivity index (χ0n) is 11.8. The molecule has 3 rings (SSSR count). The molecule has 4 heteroatoms. The molecule has 1 aliphatic rings. The molecule has 2 aromatic rings. The van der Waals surface area contributed by atoms with E-state index in [2.05, 4.69) is 18.8 Å². The maximum absolute atomic E-state index is 12.1. The highest BCUT2D eigenvalue weighted by Crippen LogP contribution is 2.37. The Kier molecular flexibility index (Phi) is 3.18. The zero-order chi connectivity index (χ0) is 14.3. The summed E-state index contributed by atoms with van der Waals surface area (Å²) in [4.78, 5) is 19.6.